The van der Waals surface area contributed by atoms with Crippen molar-refractivity contribution in [3.05, 3.63) is 45.9 Å². The van der Waals surface area contributed by atoms with Gasteiger partial charge in [0.05, 0.1) is 30.3 Å². The highest BCUT2D eigenvalue weighted by Gasteiger charge is 2.22. The third-order valence-corrected chi connectivity index (χ3v) is 9.03. The largest absolute Gasteiger partial charge is 0.385 e. The van der Waals surface area contributed by atoms with E-state index in [-0.39, 0.29) is 22.9 Å². The van der Waals surface area contributed by atoms with Crippen LogP contribution in [0.2, 0.25) is 0 Å². The summed E-state index contributed by atoms with van der Waals surface area (Å²) in [6.07, 6.45) is 4.53. The molecule has 2 aromatic rings. The number of hydrogen-bond acceptors (Lipinski definition) is 10. The summed E-state index contributed by atoms with van der Waals surface area (Å²) >= 11 is 1.55. The minimum atomic E-state index is -3.41. The van der Waals surface area contributed by atoms with E-state index >= 15 is 0 Å². The molecule has 0 atom stereocenters. The zero-order valence-corrected chi connectivity index (χ0v) is 22.4. The maximum atomic E-state index is 13.4. The van der Waals surface area contributed by atoms with E-state index in [4.69, 9.17) is 9.47 Å². The van der Waals surface area contributed by atoms with E-state index in [0.717, 1.165) is 68.7 Å². The second-order valence-electron chi connectivity index (χ2n) is 9.01. The molecular formula is C25H34N4O5S2. The summed E-state index contributed by atoms with van der Waals surface area (Å²) in [5.41, 5.74) is 0.970. The number of nitrogens with zero attached hydrogens (tertiary/aromatic N) is 4. The van der Waals surface area contributed by atoms with Crippen LogP contribution in [0.5, 0.6) is 0 Å². The van der Waals surface area contributed by atoms with Crippen molar-refractivity contribution in [1.29, 1.82) is 0 Å². The van der Waals surface area contributed by atoms with Gasteiger partial charge in [-0.15, -0.1) is 11.3 Å². The maximum absolute atomic E-state index is 13.4. The third kappa shape index (κ3) is 7.42. The minimum Gasteiger partial charge on any atom is -0.385 e. The van der Waals surface area contributed by atoms with Gasteiger partial charge in [-0.25, -0.2) is 13.4 Å². The van der Waals surface area contributed by atoms with Crippen molar-refractivity contribution >= 4 is 32.7 Å². The van der Waals surface area contributed by atoms with Gasteiger partial charge in [0.1, 0.15) is 10.7 Å². The molecule has 2 fully saturated rings. The summed E-state index contributed by atoms with van der Waals surface area (Å²) in [7, 11) is -1.86. The van der Waals surface area contributed by atoms with Crippen LogP contribution in [0.1, 0.15) is 34.7 Å². The number of ether oxygens (including phenoxy) is 2. The molecule has 0 bridgehead atoms. The molecule has 0 unspecified atom stereocenters. The van der Waals surface area contributed by atoms with Crippen molar-refractivity contribution in [2.75, 3.05) is 58.9 Å². The van der Waals surface area contributed by atoms with Gasteiger partial charge in [0.15, 0.2) is 15.6 Å². The number of hydrazone groups is 1. The minimum absolute atomic E-state index is 0.0185. The predicted octanol–water partition coefficient (Wildman–Crippen LogP) is 2.40. The number of carbonyl (C=O) groups is 1. The Bertz CT molecular complexity index is 1140. The lowest BCUT2D eigenvalue weighted by atomic mass is 10.0. The van der Waals surface area contributed by atoms with Crippen LogP contribution in [-0.4, -0.2) is 93.7 Å². The van der Waals surface area contributed by atoms with E-state index in [1.54, 1.807) is 42.7 Å². The maximum Gasteiger partial charge on any atom is 0.190 e. The molecule has 0 amide bonds. The summed E-state index contributed by atoms with van der Waals surface area (Å²) in [4.78, 5) is 21.6. The molecule has 11 heteroatoms. The van der Waals surface area contributed by atoms with Crippen LogP contribution >= 0.6 is 11.3 Å². The number of hydrogen-bond donors (Lipinski definition) is 0. The van der Waals surface area contributed by atoms with Gasteiger partial charge in [-0.2, -0.15) is 5.10 Å². The zero-order chi connectivity index (χ0) is 25.4. The number of carbonyl (C=O) groups excluding carboxylic acids is 1. The average Bonchev–Trinajstić information content (AvgIpc) is 3.55. The molecule has 0 saturated carbocycles. The Hall–Kier alpha value is -2.18. The number of methoxy groups -OCH3 is 1. The number of sulfone groups is 1. The molecule has 2 saturated heterocycles. The molecule has 3 heterocycles. The smallest absolute Gasteiger partial charge is 0.190 e. The molecule has 36 heavy (non-hydrogen) atoms. The van der Waals surface area contributed by atoms with Gasteiger partial charge >= 0.3 is 0 Å². The summed E-state index contributed by atoms with van der Waals surface area (Å²) in [6.45, 7) is 6.11. The number of benzene rings is 1. The molecule has 2 aliphatic heterocycles. The predicted molar refractivity (Wildman–Crippen MR) is 139 cm³/mol. The summed E-state index contributed by atoms with van der Waals surface area (Å²) in [5, 5.41) is 7.37. The fraction of sp³-hybridized carbons (Fsp3) is 0.560. The van der Waals surface area contributed by atoms with Gasteiger partial charge in [0, 0.05) is 63.1 Å². The Morgan fingerprint density at radius 3 is 2.56 bits per heavy atom. The molecule has 0 spiro atoms. The van der Waals surface area contributed by atoms with Gasteiger partial charge in [0.2, 0.25) is 0 Å². The molecule has 196 valence electrons. The first kappa shape index (κ1) is 26.9. The standard InChI is InChI=1S/C25H34N4O5S2/c1-33-13-4-16-36(31,32)22-7-5-20(6-8-22)25(27-29-9-2-3-10-29)23(30)17-24-26-18-21(35-24)19-28-11-14-34-15-12-28/h5-8,18H,2-4,9-17,19H2,1H3/b27-25+. The van der Waals surface area contributed by atoms with Crippen LogP contribution in [0, 0.1) is 0 Å². The van der Waals surface area contributed by atoms with Crippen LogP contribution in [0.25, 0.3) is 0 Å². The summed E-state index contributed by atoms with van der Waals surface area (Å²) in [5.74, 6) is -0.102. The summed E-state index contributed by atoms with van der Waals surface area (Å²) in [6, 6.07) is 6.49. The lowest BCUT2D eigenvalue weighted by molar-refractivity contribution is -0.112. The molecule has 0 N–H and O–H groups in total. The van der Waals surface area contributed by atoms with Crippen LogP contribution < -0.4 is 0 Å². The van der Waals surface area contributed by atoms with E-state index in [1.807, 2.05) is 11.2 Å². The molecule has 9 nitrogen and oxygen atoms in total. The van der Waals surface area contributed by atoms with Gasteiger partial charge in [-0.3, -0.25) is 14.7 Å². The van der Waals surface area contributed by atoms with Gasteiger partial charge < -0.3 is 9.47 Å². The lowest BCUT2D eigenvalue weighted by Gasteiger charge is -2.25. The SMILES string of the molecule is COCCCS(=O)(=O)c1ccc(/C(=N\N2CCCC2)C(=O)Cc2ncc(CN3CCOCC3)s2)cc1. The highest BCUT2D eigenvalue weighted by molar-refractivity contribution is 7.91. The van der Waals surface area contributed by atoms with Gasteiger partial charge in [0.25, 0.3) is 0 Å². The highest BCUT2D eigenvalue weighted by atomic mass is 32.2. The lowest BCUT2D eigenvalue weighted by Crippen LogP contribution is -2.35. The topological polar surface area (TPSA) is 101 Å². The van der Waals surface area contributed by atoms with E-state index < -0.39 is 9.84 Å². The Morgan fingerprint density at radius 2 is 1.86 bits per heavy atom. The molecule has 2 aliphatic rings. The molecular weight excluding hydrogens is 500 g/mol. The summed E-state index contributed by atoms with van der Waals surface area (Å²) < 4.78 is 35.6. The third-order valence-electron chi connectivity index (χ3n) is 6.23. The monoisotopic (exact) mass is 534 g/mol. The fourth-order valence-electron chi connectivity index (χ4n) is 4.25. The van der Waals surface area contributed by atoms with Crippen molar-refractivity contribution in [3.63, 3.8) is 0 Å². The average molecular weight is 535 g/mol. The quantitative estimate of drug-likeness (QED) is 0.302. The van der Waals surface area contributed by atoms with Crippen LogP contribution in [0.4, 0.5) is 0 Å². The van der Waals surface area contributed by atoms with E-state index in [0.29, 0.717) is 24.3 Å². The Morgan fingerprint density at radius 1 is 1.14 bits per heavy atom. The molecule has 4 rings (SSSR count). The van der Waals surface area contributed by atoms with Crippen molar-refractivity contribution in [3.8, 4) is 0 Å². The number of thiazole rings is 1. The second-order valence-corrected chi connectivity index (χ2v) is 12.3. The Labute approximate surface area is 217 Å². The number of morpholine rings is 1. The van der Waals surface area contributed by atoms with Crippen LogP contribution in [-0.2, 0) is 37.1 Å². The van der Waals surface area contributed by atoms with Crippen LogP contribution in [0.15, 0.2) is 40.5 Å². The molecule has 1 aromatic heterocycles. The van der Waals surface area contributed by atoms with Crippen molar-refractivity contribution in [2.45, 2.75) is 37.1 Å². The number of aromatic nitrogens is 1. The highest BCUT2D eigenvalue weighted by Crippen LogP contribution is 2.20. The fourth-order valence-corrected chi connectivity index (χ4v) is 6.50. The van der Waals surface area contributed by atoms with E-state index in [2.05, 4.69) is 15.0 Å². The van der Waals surface area contributed by atoms with Gasteiger partial charge in [-0.1, -0.05) is 12.1 Å². The number of ketones is 1. The van der Waals surface area contributed by atoms with Crippen molar-refractivity contribution in [1.82, 2.24) is 14.9 Å². The number of Topliss-reactive ketones (excluding diaryl/α,β-unsaturated/α-hetero) is 1. The van der Waals surface area contributed by atoms with E-state index in [9.17, 15) is 13.2 Å². The van der Waals surface area contributed by atoms with Crippen molar-refractivity contribution in [2.24, 2.45) is 5.10 Å². The van der Waals surface area contributed by atoms with Crippen molar-refractivity contribution < 1.29 is 22.7 Å². The first-order valence-electron chi connectivity index (χ1n) is 12.4. The molecule has 0 aliphatic carbocycles. The second kappa shape index (κ2) is 12.9. The normalized spacial score (nSPS) is 17.6. The Kier molecular flexibility index (Phi) is 9.60. The first-order valence-corrected chi connectivity index (χ1v) is 14.8. The number of rotatable bonds is 12. The van der Waals surface area contributed by atoms with Crippen LogP contribution in [0.3, 0.4) is 0 Å². The molecule has 1 aromatic carbocycles. The molecule has 0 radical (unpaired) electrons. The zero-order valence-electron chi connectivity index (χ0n) is 20.7. The van der Waals surface area contributed by atoms with Gasteiger partial charge in [-0.05, 0) is 31.4 Å². The first-order chi connectivity index (χ1) is 17.4. The van der Waals surface area contributed by atoms with E-state index in [1.165, 1.54) is 0 Å². The Balaban J connectivity index is 1.48.